The molecule has 0 saturated heterocycles. The third kappa shape index (κ3) is 8.72. The van der Waals surface area contributed by atoms with Crippen molar-refractivity contribution in [2.75, 3.05) is 12.9 Å². The molecule has 0 saturated carbocycles. The van der Waals surface area contributed by atoms with Crippen molar-refractivity contribution in [2.45, 2.75) is 12.2 Å². The van der Waals surface area contributed by atoms with Crippen molar-refractivity contribution in [3.05, 3.63) is 0 Å². The fourth-order valence-corrected chi connectivity index (χ4v) is 2.52. The largest absolute Gasteiger partial charge is 0.469 e. The Morgan fingerprint density at radius 2 is 2.18 bits per heavy atom. The molecule has 7 heteroatoms. The smallest absolute Gasteiger partial charge is 0.303 e. The van der Waals surface area contributed by atoms with Crippen LogP contribution in [0.2, 0.25) is 0 Å². The lowest BCUT2D eigenvalue weighted by molar-refractivity contribution is 0.199. The molecule has 4 nitrogen and oxygen atoms in total. The second-order valence-corrected chi connectivity index (χ2v) is 6.01. The molecule has 0 heterocycles. The lowest BCUT2D eigenvalue weighted by atomic mass is 10.5. The van der Waals surface area contributed by atoms with Gasteiger partial charge >= 0.3 is 7.82 Å². The maximum Gasteiger partial charge on any atom is 0.469 e. The number of hydrogen-bond acceptors (Lipinski definition) is 4. The van der Waals surface area contributed by atoms with Crippen LogP contribution in [-0.4, -0.2) is 27.9 Å². The first-order chi connectivity index (χ1) is 4.95. The summed E-state index contributed by atoms with van der Waals surface area (Å²) >= 11 is 0. The van der Waals surface area contributed by atoms with Crippen LogP contribution in [0.25, 0.3) is 0 Å². The summed E-state index contributed by atoms with van der Waals surface area (Å²) in [4.78, 5) is 16.6. The third-order valence-electron chi connectivity index (χ3n) is 0.738. The van der Waals surface area contributed by atoms with Crippen LogP contribution in [0.3, 0.4) is 0 Å². The second kappa shape index (κ2) is 5.45. The zero-order valence-corrected chi connectivity index (χ0v) is 8.79. The van der Waals surface area contributed by atoms with Gasteiger partial charge < -0.3 is 9.79 Å². The van der Waals surface area contributed by atoms with Crippen LogP contribution in [0, 0.1) is 0 Å². The van der Waals surface area contributed by atoms with E-state index in [9.17, 15) is 4.57 Å². The summed E-state index contributed by atoms with van der Waals surface area (Å²) < 4.78 is 14.5. The summed E-state index contributed by atoms with van der Waals surface area (Å²) in [6.07, 6.45) is 1.90. The molecule has 0 fully saturated rings. The highest BCUT2D eigenvalue weighted by Crippen LogP contribution is 2.37. The summed E-state index contributed by atoms with van der Waals surface area (Å²) in [6, 6.07) is 0. The highest BCUT2D eigenvalue weighted by Gasteiger charge is 2.15. The Bertz CT molecular complexity index is 147. The van der Waals surface area contributed by atoms with E-state index in [1.807, 2.05) is 13.2 Å². The van der Waals surface area contributed by atoms with Crippen LogP contribution in [0.15, 0.2) is 0 Å². The van der Waals surface area contributed by atoms with Gasteiger partial charge in [-0.3, -0.25) is 4.52 Å². The standard InChI is InChI=1S/C4H11O4PS2/c1-4(11-10-2)3-8-9(5,6)7/h4H,3H2,1-2H3,(H2,5,6,7). The van der Waals surface area contributed by atoms with Gasteiger partial charge in [0.25, 0.3) is 0 Å². The van der Waals surface area contributed by atoms with Crippen LogP contribution in [0.1, 0.15) is 6.92 Å². The van der Waals surface area contributed by atoms with Crippen molar-refractivity contribution in [3.8, 4) is 0 Å². The maximum absolute atomic E-state index is 10.2. The SMILES string of the molecule is CSSC(C)COP(=O)(O)O. The van der Waals surface area contributed by atoms with Gasteiger partial charge in [0.2, 0.25) is 0 Å². The number of phosphoric ester groups is 1. The number of rotatable bonds is 5. The Kier molecular flexibility index (Phi) is 5.86. The molecule has 11 heavy (non-hydrogen) atoms. The molecule has 0 amide bonds. The normalized spacial score (nSPS) is 14.9. The van der Waals surface area contributed by atoms with Gasteiger partial charge in [-0.25, -0.2) is 4.57 Å². The van der Waals surface area contributed by atoms with E-state index in [4.69, 9.17) is 9.79 Å². The Morgan fingerprint density at radius 1 is 1.64 bits per heavy atom. The van der Waals surface area contributed by atoms with Gasteiger partial charge in [0, 0.05) is 5.25 Å². The van der Waals surface area contributed by atoms with Crippen molar-refractivity contribution >= 4 is 29.4 Å². The molecule has 2 N–H and O–H groups in total. The van der Waals surface area contributed by atoms with Gasteiger partial charge in [0.15, 0.2) is 0 Å². The molecule has 0 rings (SSSR count). The van der Waals surface area contributed by atoms with Crippen LogP contribution in [0.4, 0.5) is 0 Å². The van der Waals surface area contributed by atoms with Crippen LogP contribution in [0.5, 0.6) is 0 Å². The maximum atomic E-state index is 10.2. The fourth-order valence-electron chi connectivity index (χ4n) is 0.394. The first kappa shape index (κ1) is 11.8. The van der Waals surface area contributed by atoms with E-state index in [0.717, 1.165) is 0 Å². The zero-order chi connectivity index (χ0) is 8.91. The molecule has 0 aliphatic heterocycles. The third-order valence-corrected chi connectivity index (χ3v) is 3.44. The molecule has 0 bridgehead atoms. The van der Waals surface area contributed by atoms with E-state index < -0.39 is 7.82 Å². The Labute approximate surface area is 73.7 Å². The van der Waals surface area contributed by atoms with Crippen LogP contribution in [-0.2, 0) is 9.09 Å². The topological polar surface area (TPSA) is 66.8 Å². The van der Waals surface area contributed by atoms with Gasteiger partial charge in [-0.05, 0) is 6.26 Å². The van der Waals surface area contributed by atoms with Gasteiger partial charge in [-0.2, -0.15) is 0 Å². The van der Waals surface area contributed by atoms with Crippen molar-refractivity contribution in [2.24, 2.45) is 0 Å². The van der Waals surface area contributed by atoms with Crippen LogP contribution >= 0.6 is 29.4 Å². The van der Waals surface area contributed by atoms with Crippen molar-refractivity contribution in [3.63, 3.8) is 0 Å². The monoisotopic (exact) mass is 218 g/mol. The van der Waals surface area contributed by atoms with Crippen molar-refractivity contribution in [1.82, 2.24) is 0 Å². The number of hydrogen-bond donors (Lipinski definition) is 2. The Hall–Kier alpha value is 0.810. The first-order valence-corrected chi connectivity index (χ1v) is 7.00. The summed E-state index contributed by atoms with van der Waals surface area (Å²) in [5, 5.41) is 0.0950. The minimum atomic E-state index is -4.27. The summed E-state index contributed by atoms with van der Waals surface area (Å²) in [5.41, 5.74) is 0. The van der Waals surface area contributed by atoms with E-state index in [1.165, 1.54) is 10.8 Å². The predicted molar refractivity (Wildman–Crippen MR) is 48.6 cm³/mol. The number of phosphoric acid groups is 1. The molecule has 1 unspecified atom stereocenters. The lowest BCUT2D eigenvalue weighted by Crippen LogP contribution is -2.04. The zero-order valence-electron chi connectivity index (χ0n) is 6.26. The quantitative estimate of drug-likeness (QED) is 0.538. The minimum absolute atomic E-state index is 0.0792. The van der Waals surface area contributed by atoms with Crippen molar-refractivity contribution in [1.29, 1.82) is 0 Å². The van der Waals surface area contributed by atoms with E-state index in [1.54, 1.807) is 10.8 Å². The first-order valence-electron chi connectivity index (χ1n) is 2.85. The molecule has 0 spiro atoms. The Morgan fingerprint density at radius 3 is 2.55 bits per heavy atom. The van der Waals surface area contributed by atoms with Gasteiger partial charge in [-0.15, -0.1) is 0 Å². The summed E-state index contributed by atoms with van der Waals surface area (Å²) in [6.45, 7) is 1.92. The average molecular weight is 218 g/mol. The predicted octanol–water partition coefficient (Wildman–Crippen LogP) is 1.50. The molecule has 68 valence electrons. The molecule has 0 radical (unpaired) electrons. The van der Waals surface area contributed by atoms with Crippen LogP contribution < -0.4 is 0 Å². The van der Waals surface area contributed by atoms with E-state index in [-0.39, 0.29) is 11.9 Å². The van der Waals surface area contributed by atoms with Gasteiger partial charge in [-0.1, -0.05) is 28.5 Å². The van der Waals surface area contributed by atoms with Crippen molar-refractivity contribution < 1.29 is 18.9 Å². The molecule has 0 aromatic rings. The molecule has 0 aromatic carbocycles. The van der Waals surface area contributed by atoms with E-state index in [0.29, 0.717) is 0 Å². The van der Waals surface area contributed by atoms with E-state index in [2.05, 4.69) is 4.52 Å². The Balaban J connectivity index is 3.46. The van der Waals surface area contributed by atoms with Gasteiger partial charge in [0.1, 0.15) is 0 Å². The van der Waals surface area contributed by atoms with Gasteiger partial charge in [0.05, 0.1) is 6.61 Å². The minimum Gasteiger partial charge on any atom is -0.303 e. The molecular weight excluding hydrogens is 207 g/mol. The highest BCUT2D eigenvalue weighted by molar-refractivity contribution is 8.76. The molecule has 0 aliphatic rings. The average Bonchev–Trinajstić information content (AvgIpc) is 1.83. The molecular formula is C4H11O4PS2. The molecule has 0 aromatic heterocycles. The molecule has 0 aliphatic carbocycles. The molecule has 1 atom stereocenters. The summed E-state index contributed by atoms with van der Waals surface area (Å²) in [7, 11) is -1.20. The van der Waals surface area contributed by atoms with E-state index >= 15 is 0 Å². The second-order valence-electron chi connectivity index (χ2n) is 1.86. The highest BCUT2D eigenvalue weighted by atomic mass is 33.1. The summed E-state index contributed by atoms with van der Waals surface area (Å²) in [5.74, 6) is 0. The lowest BCUT2D eigenvalue weighted by Gasteiger charge is -2.09. The fraction of sp³-hybridized carbons (Fsp3) is 1.00.